The van der Waals surface area contributed by atoms with Gasteiger partial charge in [-0.2, -0.15) is 0 Å². The van der Waals surface area contributed by atoms with Gasteiger partial charge in [0, 0.05) is 51.3 Å². The Kier molecular flexibility index (Phi) is 9.51. The minimum absolute atomic E-state index is 0.0408. The zero-order valence-corrected chi connectivity index (χ0v) is 42.3. The molecule has 2 aromatic heterocycles. The van der Waals surface area contributed by atoms with Gasteiger partial charge in [0.1, 0.15) is 0 Å². The Balaban J connectivity index is 0.938. The first-order valence-electron chi connectivity index (χ1n) is 27.0. The molecule has 0 saturated carbocycles. The van der Waals surface area contributed by atoms with Gasteiger partial charge in [0.25, 0.3) is 0 Å². The lowest BCUT2D eigenvalue weighted by molar-refractivity contribution is 0.563. The highest BCUT2D eigenvalue weighted by molar-refractivity contribution is 6.20. The van der Waals surface area contributed by atoms with Gasteiger partial charge in [-0.15, -0.1) is 0 Å². The second-order valence-corrected chi connectivity index (χ2v) is 21.6. The van der Waals surface area contributed by atoms with Crippen LogP contribution in [0.2, 0.25) is 0 Å². The number of para-hydroxylation sites is 2. The fourth-order valence-electron chi connectivity index (χ4n) is 13.8. The van der Waals surface area contributed by atoms with Crippen molar-refractivity contribution >= 4 is 89.5 Å². The third kappa shape index (κ3) is 6.50. The van der Waals surface area contributed by atoms with E-state index in [1.807, 2.05) is 24.5 Å². The molecule has 4 atom stereocenters. The Hall–Kier alpha value is -9.12. The molecule has 0 spiro atoms. The number of rotatable bonds is 6. The largest absolute Gasteiger partial charge is 0.256 e. The zero-order chi connectivity index (χ0) is 50.2. The Morgan fingerprint density at radius 3 is 1.83 bits per heavy atom. The summed E-state index contributed by atoms with van der Waals surface area (Å²) in [6, 6.07) is 64.7. The Morgan fingerprint density at radius 1 is 0.447 bits per heavy atom. The number of benzene rings is 9. The third-order valence-corrected chi connectivity index (χ3v) is 17.5. The normalized spacial score (nSPS) is 19.4. The Bertz CT molecular complexity index is 4710. The molecule has 0 fully saturated rings. The molecule has 1 aliphatic heterocycles. The van der Waals surface area contributed by atoms with E-state index in [4.69, 9.17) is 20.0 Å². The van der Waals surface area contributed by atoms with Crippen molar-refractivity contribution in [2.75, 3.05) is 0 Å². The third-order valence-electron chi connectivity index (χ3n) is 17.5. The van der Waals surface area contributed by atoms with Gasteiger partial charge in [0.15, 0.2) is 5.84 Å². The zero-order valence-electron chi connectivity index (χ0n) is 42.3. The SMILES string of the molecule is CC1CC=c2ccc3c(C4=C5N=C(c6ccc(-c7cccc8cccnc78)cc6)N=C(c6ccc(-c7cccc8cccnc78)cc6)C5C(C)C(C5=CC=c6ccc7cccc8c7c6C5CC=8)=C4)ccc4ccc1c2c43. The number of aliphatic imine (C=N–C) groups is 2. The summed E-state index contributed by atoms with van der Waals surface area (Å²) < 4.78 is 0. The van der Waals surface area contributed by atoms with Gasteiger partial charge in [0.05, 0.1) is 28.4 Å². The summed E-state index contributed by atoms with van der Waals surface area (Å²) in [5.41, 5.74) is 18.6. The van der Waals surface area contributed by atoms with Gasteiger partial charge in [-0.05, 0) is 135 Å². The number of pyridine rings is 2. The number of amidine groups is 1. The van der Waals surface area contributed by atoms with Crippen molar-refractivity contribution in [3.63, 3.8) is 0 Å². The molecule has 0 bridgehead atoms. The Labute approximate surface area is 440 Å². The molecular weight excluding hydrogens is 921 g/mol. The molecule has 9 aromatic carbocycles. The summed E-state index contributed by atoms with van der Waals surface area (Å²) >= 11 is 0. The van der Waals surface area contributed by atoms with E-state index < -0.39 is 0 Å². The molecule has 76 heavy (non-hydrogen) atoms. The standard InChI is InChI=1S/C72H50N4/c1-41-16-17-47-32-37-60-58(35-30-49-28-33-54(41)65(47)67(49)60)62-40-61(57-34-29-48-23-22-45-8-3-9-46-31-36-59(57)66(48)64(45)46)42(2)63-70(52-24-18-43(19-25-52)55-14-4-10-50-12-6-38-73-68(50)55)75-72(76-71(62)63)53-26-20-44(21-27-53)56-15-5-11-51-13-7-39-74-69(51)56/h3-15,17-35,37-42,59,63H,16,36H2,1-2H3. The lowest BCUT2D eigenvalue weighted by atomic mass is 9.66. The molecule has 11 aromatic rings. The quantitative estimate of drug-likeness (QED) is 0.167. The van der Waals surface area contributed by atoms with Crippen molar-refractivity contribution in [2.45, 2.75) is 38.5 Å². The van der Waals surface area contributed by atoms with Crippen molar-refractivity contribution in [2.24, 2.45) is 21.8 Å². The van der Waals surface area contributed by atoms with Gasteiger partial charge in [-0.3, -0.25) is 9.97 Å². The molecular formula is C72H50N4. The van der Waals surface area contributed by atoms with Crippen molar-refractivity contribution in [1.82, 2.24) is 9.97 Å². The first kappa shape index (κ1) is 43.3. The highest BCUT2D eigenvalue weighted by Gasteiger charge is 2.41. The van der Waals surface area contributed by atoms with Crippen LogP contribution in [0, 0.1) is 11.8 Å². The molecule has 358 valence electrons. The monoisotopic (exact) mass is 970 g/mol. The predicted octanol–water partition coefficient (Wildman–Crippen LogP) is 15.1. The molecule has 4 unspecified atom stereocenters. The summed E-state index contributed by atoms with van der Waals surface area (Å²) in [6.07, 6.45) is 18.1. The van der Waals surface area contributed by atoms with Gasteiger partial charge in [-0.25, -0.2) is 9.98 Å². The molecule has 16 rings (SSSR count). The first-order chi connectivity index (χ1) is 37.5. The van der Waals surface area contributed by atoms with Crippen LogP contribution in [0.5, 0.6) is 0 Å². The average molecular weight is 971 g/mol. The van der Waals surface area contributed by atoms with Crippen molar-refractivity contribution < 1.29 is 0 Å². The van der Waals surface area contributed by atoms with E-state index in [-0.39, 0.29) is 17.8 Å². The molecule has 0 radical (unpaired) electrons. The minimum Gasteiger partial charge on any atom is -0.256 e. The van der Waals surface area contributed by atoms with Gasteiger partial charge < -0.3 is 0 Å². The number of nitrogens with zero attached hydrogens (tertiary/aromatic N) is 4. The van der Waals surface area contributed by atoms with E-state index in [1.165, 1.54) is 81.4 Å². The fraction of sp³-hybridized carbons (Fsp3) is 0.111. The lowest BCUT2D eigenvalue weighted by Crippen LogP contribution is -2.34. The van der Waals surface area contributed by atoms with E-state index >= 15 is 0 Å². The van der Waals surface area contributed by atoms with Crippen LogP contribution in [0.4, 0.5) is 0 Å². The molecule has 4 aliphatic carbocycles. The van der Waals surface area contributed by atoms with Crippen LogP contribution in [-0.4, -0.2) is 21.5 Å². The Morgan fingerprint density at radius 2 is 1.07 bits per heavy atom. The van der Waals surface area contributed by atoms with Crippen molar-refractivity contribution in [1.29, 1.82) is 0 Å². The van der Waals surface area contributed by atoms with Crippen LogP contribution in [0.25, 0.3) is 100 Å². The maximum atomic E-state index is 5.86. The molecule has 3 heterocycles. The second-order valence-electron chi connectivity index (χ2n) is 21.6. The smallest absolute Gasteiger partial charge is 0.159 e. The number of hydrogen-bond acceptors (Lipinski definition) is 4. The average Bonchev–Trinajstić information content (AvgIpc) is 3.58. The van der Waals surface area contributed by atoms with E-state index in [9.17, 15) is 0 Å². The van der Waals surface area contributed by atoms with E-state index in [2.05, 4.69) is 208 Å². The van der Waals surface area contributed by atoms with Crippen LogP contribution < -0.4 is 15.7 Å². The van der Waals surface area contributed by atoms with Crippen LogP contribution in [0.1, 0.15) is 66.3 Å². The second kappa shape index (κ2) is 16.7. The summed E-state index contributed by atoms with van der Waals surface area (Å²) in [4.78, 5) is 21.3. The summed E-state index contributed by atoms with van der Waals surface area (Å²) in [5, 5.41) is 14.2. The number of fused-ring (bicyclic) bond motifs is 3. The van der Waals surface area contributed by atoms with Crippen LogP contribution >= 0.6 is 0 Å². The van der Waals surface area contributed by atoms with Crippen LogP contribution in [0.3, 0.4) is 0 Å². The van der Waals surface area contributed by atoms with E-state index in [0.717, 1.165) is 79.4 Å². The molecule has 0 saturated heterocycles. The highest BCUT2D eigenvalue weighted by atomic mass is 15.0. The van der Waals surface area contributed by atoms with Gasteiger partial charge in [-0.1, -0.05) is 202 Å². The van der Waals surface area contributed by atoms with Crippen molar-refractivity contribution in [3.8, 4) is 22.3 Å². The highest BCUT2D eigenvalue weighted by Crippen LogP contribution is 2.51. The van der Waals surface area contributed by atoms with E-state index in [1.54, 1.807) is 0 Å². The fourth-order valence-corrected chi connectivity index (χ4v) is 13.8. The summed E-state index contributed by atoms with van der Waals surface area (Å²) in [5.74, 6) is 1.28. The number of hydrogen-bond donors (Lipinski definition) is 0. The lowest BCUT2D eigenvalue weighted by Gasteiger charge is -2.39. The molecule has 5 aliphatic rings. The van der Waals surface area contributed by atoms with Gasteiger partial charge >= 0.3 is 0 Å². The summed E-state index contributed by atoms with van der Waals surface area (Å²) in [6.45, 7) is 4.81. The minimum atomic E-state index is -0.154. The van der Waals surface area contributed by atoms with E-state index in [0.29, 0.717) is 11.8 Å². The number of allylic oxidation sites excluding steroid dienone is 6. The van der Waals surface area contributed by atoms with Crippen molar-refractivity contribution in [3.05, 3.63) is 261 Å². The van der Waals surface area contributed by atoms with Crippen LogP contribution in [0.15, 0.2) is 227 Å². The molecule has 0 amide bonds. The van der Waals surface area contributed by atoms with Crippen LogP contribution in [-0.2, 0) is 0 Å². The number of aromatic nitrogens is 2. The predicted molar refractivity (Wildman–Crippen MR) is 317 cm³/mol. The van der Waals surface area contributed by atoms with Gasteiger partial charge in [0.2, 0.25) is 0 Å². The topological polar surface area (TPSA) is 50.5 Å². The maximum absolute atomic E-state index is 5.86. The maximum Gasteiger partial charge on any atom is 0.159 e. The summed E-state index contributed by atoms with van der Waals surface area (Å²) in [7, 11) is 0. The molecule has 4 nitrogen and oxygen atoms in total. The molecule has 0 N–H and O–H groups in total. The first-order valence-corrected chi connectivity index (χ1v) is 27.0. The molecule has 4 heteroatoms.